The van der Waals surface area contributed by atoms with E-state index in [1.54, 1.807) is 23.0 Å². The van der Waals surface area contributed by atoms with Crippen molar-refractivity contribution in [1.29, 1.82) is 0 Å². The maximum Gasteiger partial charge on any atom is 0.258 e. The van der Waals surface area contributed by atoms with Crippen molar-refractivity contribution in [2.24, 2.45) is 0 Å². The van der Waals surface area contributed by atoms with Crippen LogP contribution in [0.4, 0.5) is 11.5 Å². The van der Waals surface area contributed by atoms with Crippen LogP contribution < -0.4 is 11.1 Å². The molecule has 0 saturated heterocycles. The SMILES string of the molecule is Nc1ncnn2c(-c3ccncc3)cc(C(=O)Nc3ccccc3)c12. The van der Waals surface area contributed by atoms with Gasteiger partial charge >= 0.3 is 0 Å². The number of nitrogens with zero attached hydrogens (tertiary/aromatic N) is 4. The first-order valence-corrected chi connectivity index (χ1v) is 7.63. The van der Waals surface area contributed by atoms with Gasteiger partial charge in [-0.2, -0.15) is 5.10 Å². The van der Waals surface area contributed by atoms with Crippen molar-refractivity contribution >= 4 is 22.9 Å². The Labute approximate surface area is 143 Å². The molecule has 1 aromatic carbocycles. The van der Waals surface area contributed by atoms with Gasteiger partial charge in [0.15, 0.2) is 5.82 Å². The van der Waals surface area contributed by atoms with Crippen LogP contribution in [0.1, 0.15) is 10.4 Å². The molecule has 25 heavy (non-hydrogen) atoms. The highest BCUT2D eigenvalue weighted by molar-refractivity contribution is 6.11. The third-order valence-electron chi connectivity index (χ3n) is 3.84. The number of pyridine rings is 1. The van der Waals surface area contributed by atoms with Gasteiger partial charge in [0.25, 0.3) is 5.91 Å². The minimum Gasteiger partial charge on any atom is -0.382 e. The summed E-state index contributed by atoms with van der Waals surface area (Å²) in [6.07, 6.45) is 4.73. The highest BCUT2D eigenvalue weighted by Crippen LogP contribution is 2.28. The van der Waals surface area contributed by atoms with E-state index < -0.39 is 0 Å². The fourth-order valence-electron chi connectivity index (χ4n) is 2.69. The average molecular weight is 330 g/mol. The van der Waals surface area contributed by atoms with Crippen LogP contribution >= 0.6 is 0 Å². The summed E-state index contributed by atoms with van der Waals surface area (Å²) < 4.78 is 1.62. The molecule has 4 rings (SSSR count). The number of para-hydroxylation sites is 1. The lowest BCUT2D eigenvalue weighted by atomic mass is 10.1. The summed E-state index contributed by atoms with van der Waals surface area (Å²) in [5.41, 5.74) is 9.22. The summed E-state index contributed by atoms with van der Waals surface area (Å²) in [7, 11) is 0. The van der Waals surface area contributed by atoms with Crippen LogP contribution in [0.2, 0.25) is 0 Å². The Morgan fingerprint density at radius 1 is 1.08 bits per heavy atom. The summed E-state index contributed by atoms with van der Waals surface area (Å²) in [6, 6.07) is 14.7. The van der Waals surface area contributed by atoms with Crippen molar-refractivity contribution in [2.75, 3.05) is 11.1 Å². The molecule has 1 amide bonds. The second-order valence-electron chi connectivity index (χ2n) is 5.40. The van der Waals surface area contributed by atoms with Gasteiger partial charge < -0.3 is 11.1 Å². The molecule has 3 aromatic heterocycles. The van der Waals surface area contributed by atoms with E-state index in [4.69, 9.17) is 5.73 Å². The van der Waals surface area contributed by atoms with Gasteiger partial charge in [-0.3, -0.25) is 9.78 Å². The summed E-state index contributed by atoms with van der Waals surface area (Å²) in [6.45, 7) is 0. The third kappa shape index (κ3) is 2.67. The lowest BCUT2D eigenvalue weighted by Crippen LogP contribution is -2.12. The first kappa shape index (κ1) is 14.8. The number of anilines is 2. The number of hydrogen-bond donors (Lipinski definition) is 2. The number of nitrogen functional groups attached to an aromatic ring is 1. The number of fused-ring (bicyclic) bond motifs is 1. The van der Waals surface area contributed by atoms with E-state index in [-0.39, 0.29) is 11.7 Å². The fraction of sp³-hybridized carbons (Fsp3) is 0. The Balaban J connectivity index is 1.85. The first-order valence-electron chi connectivity index (χ1n) is 7.63. The summed E-state index contributed by atoms with van der Waals surface area (Å²) >= 11 is 0. The predicted octanol–water partition coefficient (Wildman–Crippen LogP) is 2.63. The van der Waals surface area contributed by atoms with Crippen LogP contribution in [-0.4, -0.2) is 25.5 Å². The smallest absolute Gasteiger partial charge is 0.258 e. The Morgan fingerprint density at radius 2 is 1.84 bits per heavy atom. The van der Waals surface area contributed by atoms with Gasteiger partial charge in [-0.05, 0) is 30.3 Å². The van der Waals surface area contributed by atoms with Crippen molar-refractivity contribution < 1.29 is 4.79 Å². The molecule has 0 fully saturated rings. The Bertz CT molecular complexity index is 1040. The monoisotopic (exact) mass is 330 g/mol. The minimum atomic E-state index is -0.273. The van der Waals surface area contributed by atoms with Crippen molar-refractivity contribution in [3.05, 3.63) is 72.8 Å². The molecule has 7 heteroatoms. The average Bonchev–Trinajstić information content (AvgIpc) is 3.04. The van der Waals surface area contributed by atoms with Crippen molar-refractivity contribution in [3.63, 3.8) is 0 Å². The van der Waals surface area contributed by atoms with Crippen molar-refractivity contribution in [2.45, 2.75) is 0 Å². The summed E-state index contributed by atoms with van der Waals surface area (Å²) in [5.74, 6) is -0.0287. The number of rotatable bonds is 3. The molecule has 0 saturated carbocycles. The number of carbonyl (C=O) groups is 1. The Hall–Kier alpha value is -3.74. The zero-order chi connectivity index (χ0) is 17.2. The van der Waals surface area contributed by atoms with Crippen molar-refractivity contribution in [3.8, 4) is 11.3 Å². The highest BCUT2D eigenvalue weighted by atomic mass is 16.1. The van der Waals surface area contributed by atoms with Crippen LogP contribution in [0, 0.1) is 0 Å². The molecule has 7 nitrogen and oxygen atoms in total. The molecule has 122 valence electrons. The van der Waals surface area contributed by atoms with E-state index in [9.17, 15) is 4.79 Å². The molecule has 0 aliphatic rings. The number of nitrogens with two attached hydrogens (primary N) is 1. The zero-order valence-corrected chi connectivity index (χ0v) is 13.1. The predicted molar refractivity (Wildman–Crippen MR) is 95.0 cm³/mol. The Morgan fingerprint density at radius 3 is 2.60 bits per heavy atom. The highest BCUT2D eigenvalue weighted by Gasteiger charge is 2.20. The maximum atomic E-state index is 12.8. The second-order valence-corrected chi connectivity index (χ2v) is 5.40. The molecule has 0 aliphatic carbocycles. The van der Waals surface area contributed by atoms with E-state index in [0.717, 1.165) is 11.3 Å². The standard InChI is InChI=1S/C18H14N6O/c19-17-16-14(18(25)23-13-4-2-1-3-5-13)10-15(24(16)22-11-21-17)12-6-8-20-9-7-12/h1-11H,(H,23,25)(H2,19,21,22). The largest absolute Gasteiger partial charge is 0.382 e. The van der Waals surface area contributed by atoms with Gasteiger partial charge in [0.2, 0.25) is 0 Å². The van der Waals surface area contributed by atoms with E-state index in [0.29, 0.717) is 16.8 Å². The van der Waals surface area contributed by atoms with Crippen LogP contribution in [0.3, 0.4) is 0 Å². The summed E-state index contributed by atoms with van der Waals surface area (Å²) in [5, 5.41) is 7.12. The van der Waals surface area contributed by atoms with E-state index in [1.165, 1.54) is 6.33 Å². The normalized spacial score (nSPS) is 10.7. The van der Waals surface area contributed by atoms with Gasteiger partial charge in [-0.25, -0.2) is 9.50 Å². The quantitative estimate of drug-likeness (QED) is 0.602. The molecular weight excluding hydrogens is 316 g/mol. The van der Waals surface area contributed by atoms with Crippen LogP contribution in [0.5, 0.6) is 0 Å². The molecule has 0 spiro atoms. The molecule has 0 atom stereocenters. The van der Waals surface area contributed by atoms with Gasteiger partial charge in [0, 0.05) is 23.6 Å². The molecule has 0 aliphatic heterocycles. The minimum absolute atomic E-state index is 0.244. The number of hydrogen-bond acceptors (Lipinski definition) is 5. The molecule has 0 bridgehead atoms. The van der Waals surface area contributed by atoms with Crippen LogP contribution in [0.25, 0.3) is 16.8 Å². The van der Waals surface area contributed by atoms with Gasteiger partial charge in [-0.15, -0.1) is 0 Å². The molecular formula is C18H14N6O. The number of amides is 1. The lowest BCUT2D eigenvalue weighted by molar-refractivity contribution is 0.102. The zero-order valence-electron chi connectivity index (χ0n) is 13.1. The molecule has 0 unspecified atom stereocenters. The topological polar surface area (TPSA) is 98.2 Å². The van der Waals surface area contributed by atoms with Crippen LogP contribution in [0.15, 0.2) is 67.3 Å². The van der Waals surface area contributed by atoms with Gasteiger partial charge in [-0.1, -0.05) is 18.2 Å². The third-order valence-corrected chi connectivity index (χ3v) is 3.84. The summed E-state index contributed by atoms with van der Waals surface area (Å²) in [4.78, 5) is 20.8. The van der Waals surface area contributed by atoms with Crippen LogP contribution in [-0.2, 0) is 0 Å². The molecule has 0 radical (unpaired) electrons. The maximum absolute atomic E-state index is 12.8. The number of aromatic nitrogens is 4. The number of benzene rings is 1. The van der Waals surface area contributed by atoms with Crippen molar-refractivity contribution in [1.82, 2.24) is 19.6 Å². The number of carbonyl (C=O) groups excluding carboxylic acids is 1. The molecule has 4 aromatic rings. The lowest BCUT2D eigenvalue weighted by Gasteiger charge is -2.05. The van der Waals surface area contributed by atoms with Gasteiger partial charge in [0.1, 0.15) is 11.8 Å². The second kappa shape index (κ2) is 6.04. The number of nitrogens with one attached hydrogen (secondary N) is 1. The Kier molecular flexibility index (Phi) is 3.59. The van der Waals surface area contributed by atoms with E-state index >= 15 is 0 Å². The van der Waals surface area contributed by atoms with Gasteiger partial charge in [0.05, 0.1) is 11.3 Å². The molecule has 3 N–H and O–H groups in total. The van der Waals surface area contributed by atoms with E-state index in [2.05, 4.69) is 20.4 Å². The fourth-order valence-corrected chi connectivity index (χ4v) is 2.69. The molecule has 3 heterocycles. The first-order chi connectivity index (χ1) is 12.2. The van der Waals surface area contributed by atoms with E-state index in [1.807, 2.05) is 42.5 Å².